The average Bonchev–Trinajstić information content (AvgIpc) is 2.78. The highest BCUT2D eigenvalue weighted by Gasteiger charge is 2.31. The number of aliphatic hydroxyl groups excluding tert-OH is 1. The molecule has 1 heterocycles. The lowest BCUT2D eigenvalue weighted by atomic mass is 10.1. The van der Waals surface area contributed by atoms with Gasteiger partial charge in [0.1, 0.15) is 0 Å². The van der Waals surface area contributed by atoms with Gasteiger partial charge in [0.2, 0.25) is 0 Å². The van der Waals surface area contributed by atoms with Gasteiger partial charge in [0, 0.05) is 13.6 Å². The summed E-state index contributed by atoms with van der Waals surface area (Å²) < 4.78 is 0. The van der Waals surface area contributed by atoms with Gasteiger partial charge in [-0.25, -0.2) is 0 Å². The van der Waals surface area contributed by atoms with Crippen molar-refractivity contribution in [2.24, 2.45) is 0 Å². The highest BCUT2D eigenvalue weighted by atomic mass is 35.5. The third-order valence-corrected chi connectivity index (χ3v) is 4.41. The number of likely N-dealkylation sites (N-methyl/N-ethyl adjacent to an activating group) is 1. The first-order chi connectivity index (χ1) is 10.9. The van der Waals surface area contributed by atoms with Crippen LogP contribution < -0.4 is 5.32 Å². The Kier molecular flexibility index (Phi) is 5.91. The van der Waals surface area contributed by atoms with Gasteiger partial charge in [-0.1, -0.05) is 29.3 Å². The second-order valence-electron chi connectivity index (χ2n) is 5.45. The van der Waals surface area contributed by atoms with Crippen LogP contribution in [0.25, 0.3) is 0 Å². The fourth-order valence-electron chi connectivity index (χ4n) is 2.33. The summed E-state index contributed by atoms with van der Waals surface area (Å²) >= 11 is 11.8. The zero-order valence-electron chi connectivity index (χ0n) is 12.7. The molecule has 1 aromatic rings. The van der Waals surface area contributed by atoms with Crippen molar-refractivity contribution in [3.05, 3.63) is 45.1 Å². The van der Waals surface area contributed by atoms with Crippen LogP contribution >= 0.6 is 23.2 Å². The minimum Gasteiger partial charge on any atom is -0.503 e. The van der Waals surface area contributed by atoms with Gasteiger partial charge >= 0.3 is 0 Å². The second-order valence-corrected chi connectivity index (χ2v) is 6.26. The first-order valence-corrected chi connectivity index (χ1v) is 8.05. The second kappa shape index (κ2) is 7.70. The summed E-state index contributed by atoms with van der Waals surface area (Å²) in [6.45, 7) is 0.620. The quantitative estimate of drug-likeness (QED) is 0.770. The normalized spacial score (nSPS) is 14.6. The molecule has 5 nitrogen and oxygen atoms in total. The molecule has 7 heteroatoms. The van der Waals surface area contributed by atoms with E-state index in [9.17, 15) is 14.7 Å². The zero-order valence-corrected chi connectivity index (χ0v) is 14.2. The number of rotatable bonds is 6. The number of aliphatic hydroxyl groups is 1. The molecule has 0 radical (unpaired) electrons. The van der Waals surface area contributed by atoms with Crippen LogP contribution in [0.2, 0.25) is 10.0 Å². The monoisotopic (exact) mass is 356 g/mol. The van der Waals surface area contributed by atoms with Gasteiger partial charge in [0.05, 0.1) is 22.2 Å². The SMILES string of the molecule is CN1CC(C(=O)NCCCCc2ccc(Cl)c(Cl)c2)=C(O)C1=O. The Labute approximate surface area is 144 Å². The molecule has 2 N–H and O–H groups in total. The first-order valence-electron chi connectivity index (χ1n) is 7.30. The lowest BCUT2D eigenvalue weighted by Crippen LogP contribution is -2.29. The maximum Gasteiger partial charge on any atom is 0.289 e. The molecule has 0 spiro atoms. The van der Waals surface area contributed by atoms with E-state index in [1.807, 2.05) is 12.1 Å². The number of nitrogens with zero attached hydrogens (tertiary/aromatic N) is 1. The molecule has 0 aromatic heterocycles. The number of hydrogen-bond donors (Lipinski definition) is 2. The molecule has 2 amide bonds. The molecule has 23 heavy (non-hydrogen) atoms. The van der Waals surface area contributed by atoms with Crippen LogP contribution in [0.5, 0.6) is 0 Å². The molecule has 0 atom stereocenters. The predicted molar refractivity (Wildman–Crippen MR) is 89.7 cm³/mol. The van der Waals surface area contributed by atoms with E-state index >= 15 is 0 Å². The van der Waals surface area contributed by atoms with Crippen LogP contribution in [0.4, 0.5) is 0 Å². The number of aryl methyl sites for hydroxylation is 1. The van der Waals surface area contributed by atoms with Crippen LogP contribution in [-0.2, 0) is 16.0 Å². The number of nitrogens with one attached hydrogen (secondary N) is 1. The smallest absolute Gasteiger partial charge is 0.289 e. The van der Waals surface area contributed by atoms with E-state index < -0.39 is 17.6 Å². The molecule has 0 fully saturated rings. The van der Waals surface area contributed by atoms with Gasteiger partial charge in [-0.15, -0.1) is 0 Å². The summed E-state index contributed by atoms with van der Waals surface area (Å²) in [5, 5.41) is 13.4. The van der Waals surface area contributed by atoms with E-state index in [2.05, 4.69) is 5.32 Å². The number of carbonyl (C=O) groups excluding carboxylic acids is 2. The molecule has 0 aliphatic carbocycles. The van der Waals surface area contributed by atoms with E-state index in [1.165, 1.54) is 11.9 Å². The van der Waals surface area contributed by atoms with Crippen molar-refractivity contribution in [2.75, 3.05) is 20.1 Å². The summed E-state index contributed by atoms with van der Waals surface area (Å²) in [5.74, 6) is -1.37. The van der Waals surface area contributed by atoms with Gasteiger partial charge in [-0.05, 0) is 37.0 Å². The van der Waals surface area contributed by atoms with E-state index in [1.54, 1.807) is 6.07 Å². The van der Waals surface area contributed by atoms with Gasteiger partial charge in [0.25, 0.3) is 11.8 Å². The van der Waals surface area contributed by atoms with Crippen molar-refractivity contribution < 1.29 is 14.7 Å². The van der Waals surface area contributed by atoms with Gasteiger partial charge in [0.15, 0.2) is 5.76 Å². The fraction of sp³-hybridized carbons (Fsp3) is 0.375. The topological polar surface area (TPSA) is 69.6 Å². The predicted octanol–water partition coefficient (Wildman–Crippen LogP) is 2.72. The van der Waals surface area contributed by atoms with E-state index in [-0.39, 0.29) is 12.1 Å². The Morgan fingerprint density at radius 2 is 2.04 bits per heavy atom. The first kappa shape index (κ1) is 17.6. The van der Waals surface area contributed by atoms with Crippen LogP contribution in [0.3, 0.4) is 0 Å². The lowest BCUT2D eigenvalue weighted by molar-refractivity contribution is -0.126. The molecule has 1 aliphatic rings. The van der Waals surface area contributed by atoms with Crippen molar-refractivity contribution >= 4 is 35.0 Å². The summed E-state index contributed by atoms with van der Waals surface area (Å²) in [6.07, 6.45) is 2.49. The van der Waals surface area contributed by atoms with Crippen molar-refractivity contribution in [1.82, 2.24) is 10.2 Å². The van der Waals surface area contributed by atoms with E-state index in [0.717, 1.165) is 24.8 Å². The van der Waals surface area contributed by atoms with Gasteiger partial charge in [-0.3, -0.25) is 9.59 Å². The summed E-state index contributed by atoms with van der Waals surface area (Å²) in [6, 6.07) is 5.53. The van der Waals surface area contributed by atoms with Gasteiger partial charge < -0.3 is 15.3 Å². The number of hydrogen-bond acceptors (Lipinski definition) is 3. The zero-order chi connectivity index (χ0) is 17.0. The van der Waals surface area contributed by atoms with Crippen molar-refractivity contribution in [1.29, 1.82) is 0 Å². The van der Waals surface area contributed by atoms with Crippen LogP contribution in [-0.4, -0.2) is 42.0 Å². The number of benzene rings is 1. The molecule has 0 saturated heterocycles. The summed E-state index contributed by atoms with van der Waals surface area (Å²) in [7, 11) is 1.54. The minimum absolute atomic E-state index is 0.127. The lowest BCUT2D eigenvalue weighted by Gasteiger charge is -2.08. The Morgan fingerprint density at radius 1 is 1.30 bits per heavy atom. The summed E-state index contributed by atoms with van der Waals surface area (Å²) in [5.41, 5.74) is 1.22. The van der Waals surface area contributed by atoms with Crippen molar-refractivity contribution in [3.8, 4) is 0 Å². The number of halogens is 2. The van der Waals surface area contributed by atoms with Crippen LogP contribution in [0.15, 0.2) is 29.5 Å². The Bertz CT molecular complexity index is 659. The average molecular weight is 357 g/mol. The third kappa shape index (κ3) is 4.39. The maximum atomic E-state index is 11.9. The minimum atomic E-state index is -0.519. The Hall–Kier alpha value is -1.72. The molecule has 1 aromatic carbocycles. The maximum absolute atomic E-state index is 11.9. The molecule has 0 saturated carbocycles. The highest BCUT2D eigenvalue weighted by molar-refractivity contribution is 6.42. The molecular formula is C16H18Cl2N2O3. The molecular weight excluding hydrogens is 339 g/mol. The van der Waals surface area contributed by atoms with Gasteiger partial charge in [-0.2, -0.15) is 0 Å². The Balaban J connectivity index is 1.72. The molecule has 1 aliphatic heterocycles. The number of unbranched alkanes of at least 4 members (excludes halogenated alkanes) is 1. The summed E-state index contributed by atoms with van der Waals surface area (Å²) in [4.78, 5) is 24.6. The molecule has 0 bridgehead atoms. The molecule has 0 unspecified atom stereocenters. The molecule has 124 valence electrons. The standard InChI is InChI=1S/C16H18Cl2N2O3/c1-20-9-11(14(21)16(20)23)15(22)19-7-3-2-4-10-5-6-12(17)13(18)8-10/h5-6,8,21H,2-4,7,9H2,1H3,(H,19,22). The van der Waals surface area contributed by atoms with Crippen LogP contribution in [0, 0.1) is 0 Å². The third-order valence-electron chi connectivity index (χ3n) is 3.67. The largest absolute Gasteiger partial charge is 0.503 e. The highest BCUT2D eigenvalue weighted by Crippen LogP contribution is 2.23. The van der Waals surface area contributed by atoms with Crippen LogP contribution in [0.1, 0.15) is 18.4 Å². The molecule has 2 rings (SSSR count). The fourth-order valence-corrected chi connectivity index (χ4v) is 2.65. The van der Waals surface area contributed by atoms with Crippen molar-refractivity contribution in [3.63, 3.8) is 0 Å². The van der Waals surface area contributed by atoms with Crippen molar-refractivity contribution in [2.45, 2.75) is 19.3 Å². The Morgan fingerprint density at radius 3 is 2.65 bits per heavy atom. The van der Waals surface area contributed by atoms with E-state index in [4.69, 9.17) is 23.2 Å². The number of carbonyl (C=O) groups is 2. The van der Waals surface area contributed by atoms with E-state index in [0.29, 0.717) is 16.6 Å². The number of amides is 2.